The first kappa shape index (κ1) is 18.6. The van der Waals surface area contributed by atoms with Crippen molar-refractivity contribution in [1.82, 2.24) is 4.31 Å². The van der Waals surface area contributed by atoms with Gasteiger partial charge in [-0.2, -0.15) is 4.31 Å². The molecule has 1 N–H and O–H groups in total. The van der Waals surface area contributed by atoms with Crippen molar-refractivity contribution in [3.8, 4) is 0 Å². The van der Waals surface area contributed by atoms with Crippen LogP contribution in [0.1, 0.15) is 35.7 Å². The molecule has 26 heavy (non-hydrogen) atoms. The van der Waals surface area contributed by atoms with Gasteiger partial charge in [-0.15, -0.1) is 0 Å². The molecule has 1 aliphatic heterocycles. The lowest BCUT2D eigenvalue weighted by atomic mass is 10.0. The molecule has 1 amide bonds. The molecule has 1 unspecified atom stereocenters. The molecule has 2 aromatic rings. The lowest BCUT2D eigenvalue weighted by molar-refractivity contribution is 0.102. The number of sulfonamides is 1. The zero-order chi connectivity index (χ0) is 18.7. The number of carbonyl (C=O) groups excluding carboxylic acids is 1. The summed E-state index contributed by atoms with van der Waals surface area (Å²) in [5.41, 5.74) is 2.06. The summed E-state index contributed by atoms with van der Waals surface area (Å²) >= 11 is 0. The highest BCUT2D eigenvalue weighted by atomic mass is 32.2. The SMILES string of the molecule is Cc1cccc(NC(=O)c2cccc(S(=O)(=O)N3CCCC(C)C3)c2)c1. The number of rotatable bonds is 4. The van der Waals surface area contributed by atoms with Crippen LogP contribution in [0.3, 0.4) is 0 Å². The molecule has 1 aliphatic rings. The van der Waals surface area contributed by atoms with Gasteiger partial charge in [-0.3, -0.25) is 4.79 Å². The predicted octanol–water partition coefficient (Wildman–Crippen LogP) is 3.67. The third kappa shape index (κ3) is 4.14. The maximum absolute atomic E-state index is 12.9. The first-order valence-electron chi connectivity index (χ1n) is 8.84. The van der Waals surface area contributed by atoms with Gasteiger partial charge in [-0.05, 0) is 61.6 Å². The van der Waals surface area contributed by atoms with Crippen LogP contribution in [0, 0.1) is 12.8 Å². The van der Waals surface area contributed by atoms with Crippen LogP contribution in [-0.2, 0) is 10.0 Å². The standard InChI is InChI=1S/C20H24N2O3S/c1-15-6-3-9-18(12-15)21-20(23)17-8-4-10-19(13-17)26(24,25)22-11-5-7-16(2)14-22/h3-4,6,8-10,12-13,16H,5,7,11,14H2,1-2H3,(H,21,23). The van der Waals surface area contributed by atoms with Crippen LogP contribution in [0.2, 0.25) is 0 Å². The van der Waals surface area contributed by atoms with Gasteiger partial charge in [0.05, 0.1) is 4.90 Å². The molecule has 6 heteroatoms. The van der Waals surface area contributed by atoms with E-state index in [-0.39, 0.29) is 10.8 Å². The summed E-state index contributed by atoms with van der Waals surface area (Å²) in [7, 11) is -3.58. The number of carbonyl (C=O) groups is 1. The number of hydrogen-bond donors (Lipinski definition) is 1. The smallest absolute Gasteiger partial charge is 0.255 e. The normalized spacial score (nSPS) is 18.5. The molecule has 0 aliphatic carbocycles. The lowest BCUT2D eigenvalue weighted by Crippen LogP contribution is -2.39. The summed E-state index contributed by atoms with van der Waals surface area (Å²) in [6, 6.07) is 13.7. The number of anilines is 1. The van der Waals surface area contributed by atoms with Crippen LogP contribution >= 0.6 is 0 Å². The summed E-state index contributed by atoms with van der Waals surface area (Å²) in [5, 5.41) is 2.82. The highest BCUT2D eigenvalue weighted by Crippen LogP contribution is 2.24. The summed E-state index contributed by atoms with van der Waals surface area (Å²) in [5.74, 6) is 0.0333. The Morgan fingerprint density at radius 1 is 1.15 bits per heavy atom. The Morgan fingerprint density at radius 2 is 1.92 bits per heavy atom. The van der Waals surface area contributed by atoms with Crippen molar-refractivity contribution in [2.75, 3.05) is 18.4 Å². The molecule has 0 saturated carbocycles. The zero-order valence-corrected chi connectivity index (χ0v) is 15.9. The van der Waals surface area contributed by atoms with Crippen LogP contribution in [-0.4, -0.2) is 31.7 Å². The van der Waals surface area contributed by atoms with Gasteiger partial charge in [0.15, 0.2) is 0 Å². The number of aryl methyl sites for hydroxylation is 1. The van der Waals surface area contributed by atoms with E-state index in [2.05, 4.69) is 12.2 Å². The van der Waals surface area contributed by atoms with E-state index in [0.717, 1.165) is 18.4 Å². The van der Waals surface area contributed by atoms with Crippen molar-refractivity contribution in [2.45, 2.75) is 31.6 Å². The number of amides is 1. The second-order valence-electron chi connectivity index (χ2n) is 6.96. The molecule has 0 radical (unpaired) electrons. The fourth-order valence-corrected chi connectivity index (χ4v) is 4.88. The van der Waals surface area contributed by atoms with Gasteiger partial charge in [0.1, 0.15) is 0 Å². The molecule has 1 atom stereocenters. The highest BCUT2D eigenvalue weighted by Gasteiger charge is 2.29. The second kappa shape index (κ2) is 7.60. The minimum Gasteiger partial charge on any atom is -0.322 e. The molecule has 1 saturated heterocycles. The van der Waals surface area contributed by atoms with E-state index in [1.165, 1.54) is 10.4 Å². The molecular formula is C20H24N2O3S. The molecule has 0 bridgehead atoms. The molecule has 0 spiro atoms. The van der Waals surface area contributed by atoms with E-state index in [9.17, 15) is 13.2 Å². The molecule has 138 valence electrons. The minimum absolute atomic E-state index is 0.170. The zero-order valence-electron chi connectivity index (χ0n) is 15.1. The van der Waals surface area contributed by atoms with Crippen LogP contribution < -0.4 is 5.32 Å². The average Bonchev–Trinajstić information content (AvgIpc) is 2.62. The van der Waals surface area contributed by atoms with E-state index in [1.807, 2.05) is 25.1 Å². The monoisotopic (exact) mass is 372 g/mol. The number of hydrogen-bond acceptors (Lipinski definition) is 3. The van der Waals surface area contributed by atoms with Crippen molar-refractivity contribution in [3.63, 3.8) is 0 Å². The number of benzene rings is 2. The maximum Gasteiger partial charge on any atom is 0.255 e. The van der Waals surface area contributed by atoms with Gasteiger partial charge in [-0.25, -0.2) is 8.42 Å². The Balaban J connectivity index is 1.82. The number of nitrogens with one attached hydrogen (secondary N) is 1. The van der Waals surface area contributed by atoms with Crippen molar-refractivity contribution < 1.29 is 13.2 Å². The molecule has 1 fully saturated rings. The number of piperidine rings is 1. The Labute approximate surface area is 155 Å². The van der Waals surface area contributed by atoms with Crippen LogP contribution in [0.5, 0.6) is 0 Å². The van der Waals surface area contributed by atoms with E-state index in [0.29, 0.717) is 30.3 Å². The summed E-state index contributed by atoms with van der Waals surface area (Å²) in [6.07, 6.45) is 1.92. The highest BCUT2D eigenvalue weighted by molar-refractivity contribution is 7.89. The second-order valence-corrected chi connectivity index (χ2v) is 8.90. The fraction of sp³-hybridized carbons (Fsp3) is 0.350. The van der Waals surface area contributed by atoms with E-state index >= 15 is 0 Å². The quantitative estimate of drug-likeness (QED) is 0.890. The molecule has 5 nitrogen and oxygen atoms in total. The Bertz CT molecular complexity index is 909. The molecule has 1 heterocycles. The summed E-state index contributed by atoms with van der Waals surface area (Å²) < 4.78 is 27.3. The summed E-state index contributed by atoms with van der Waals surface area (Å²) in [6.45, 7) is 5.07. The van der Waals surface area contributed by atoms with Gasteiger partial charge < -0.3 is 5.32 Å². The minimum atomic E-state index is -3.58. The van der Waals surface area contributed by atoms with Gasteiger partial charge >= 0.3 is 0 Å². The van der Waals surface area contributed by atoms with Gasteiger partial charge in [0.2, 0.25) is 10.0 Å². The van der Waals surface area contributed by atoms with Crippen molar-refractivity contribution in [3.05, 3.63) is 59.7 Å². The Hall–Kier alpha value is -2.18. The third-order valence-corrected chi connectivity index (χ3v) is 6.49. The van der Waals surface area contributed by atoms with E-state index in [1.54, 1.807) is 24.3 Å². The van der Waals surface area contributed by atoms with Crippen molar-refractivity contribution >= 4 is 21.6 Å². The summed E-state index contributed by atoms with van der Waals surface area (Å²) in [4.78, 5) is 12.7. The average molecular weight is 372 g/mol. The van der Waals surface area contributed by atoms with Crippen LogP contribution in [0.15, 0.2) is 53.4 Å². The first-order valence-corrected chi connectivity index (χ1v) is 10.3. The van der Waals surface area contributed by atoms with Gasteiger partial charge in [0.25, 0.3) is 5.91 Å². The van der Waals surface area contributed by atoms with Crippen molar-refractivity contribution in [2.24, 2.45) is 5.92 Å². The fourth-order valence-electron chi connectivity index (χ4n) is 3.24. The van der Waals surface area contributed by atoms with E-state index in [4.69, 9.17) is 0 Å². The topological polar surface area (TPSA) is 66.5 Å². The van der Waals surface area contributed by atoms with Crippen LogP contribution in [0.4, 0.5) is 5.69 Å². The Morgan fingerprint density at radius 3 is 2.65 bits per heavy atom. The molecular weight excluding hydrogens is 348 g/mol. The molecule has 2 aromatic carbocycles. The molecule has 0 aromatic heterocycles. The molecule has 3 rings (SSSR count). The Kier molecular flexibility index (Phi) is 5.44. The lowest BCUT2D eigenvalue weighted by Gasteiger charge is -2.30. The largest absolute Gasteiger partial charge is 0.322 e. The predicted molar refractivity (Wildman–Crippen MR) is 103 cm³/mol. The van der Waals surface area contributed by atoms with E-state index < -0.39 is 10.0 Å². The first-order chi connectivity index (χ1) is 12.4. The van der Waals surface area contributed by atoms with Gasteiger partial charge in [0, 0.05) is 24.3 Å². The van der Waals surface area contributed by atoms with Gasteiger partial charge in [-0.1, -0.05) is 25.1 Å². The number of nitrogens with zero attached hydrogens (tertiary/aromatic N) is 1. The van der Waals surface area contributed by atoms with Crippen molar-refractivity contribution in [1.29, 1.82) is 0 Å². The maximum atomic E-state index is 12.9. The third-order valence-electron chi connectivity index (χ3n) is 4.63. The van der Waals surface area contributed by atoms with Crippen LogP contribution in [0.25, 0.3) is 0 Å².